The number of aromatic hydroxyl groups is 1. The number of phenolic OH excluding ortho intramolecular Hbond substituents is 1. The quantitative estimate of drug-likeness (QED) is 0.261. The first-order chi connectivity index (χ1) is 19.0. The Hall–Kier alpha value is -4.77. The van der Waals surface area contributed by atoms with Crippen molar-refractivity contribution in [2.24, 2.45) is 0 Å². The van der Waals surface area contributed by atoms with E-state index in [-0.39, 0.29) is 17.2 Å². The summed E-state index contributed by atoms with van der Waals surface area (Å²) in [6.07, 6.45) is 0. The van der Waals surface area contributed by atoms with Crippen molar-refractivity contribution in [3.8, 4) is 45.7 Å². The fourth-order valence-corrected chi connectivity index (χ4v) is 5.98. The zero-order valence-corrected chi connectivity index (χ0v) is 22.1. The molecule has 1 aromatic heterocycles. The lowest BCUT2D eigenvalue weighted by atomic mass is 9.81. The van der Waals surface area contributed by atoms with Crippen LogP contribution in [0.15, 0.2) is 91.0 Å². The van der Waals surface area contributed by atoms with Gasteiger partial charge in [0.25, 0.3) is 0 Å². The molecule has 0 saturated heterocycles. The van der Waals surface area contributed by atoms with Gasteiger partial charge in [-0.15, -0.1) is 0 Å². The van der Waals surface area contributed by atoms with Gasteiger partial charge in [0.1, 0.15) is 5.75 Å². The molecular formula is C34H27N3O2. The van der Waals surface area contributed by atoms with Crippen LogP contribution in [-0.4, -0.2) is 26.7 Å². The lowest BCUT2D eigenvalue weighted by molar-refractivity contribution is 0.312. The van der Waals surface area contributed by atoms with Crippen LogP contribution in [0.25, 0.3) is 55.4 Å². The molecule has 0 atom stereocenters. The maximum atomic E-state index is 10.6. The molecule has 0 bridgehead atoms. The molecule has 0 spiro atoms. The molecule has 0 aliphatic heterocycles. The van der Waals surface area contributed by atoms with Gasteiger partial charge in [-0.25, -0.2) is 4.98 Å². The molecule has 6 aromatic rings. The Labute approximate surface area is 226 Å². The highest BCUT2D eigenvalue weighted by molar-refractivity contribution is 6.14. The van der Waals surface area contributed by atoms with Crippen molar-refractivity contribution in [2.45, 2.75) is 26.2 Å². The third kappa shape index (κ3) is 3.50. The molecule has 1 aliphatic rings. The Morgan fingerprint density at radius 2 is 1.31 bits per heavy atom. The zero-order valence-electron chi connectivity index (χ0n) is 22.1. The SMILES string of the molecule is CCOc1nc(-c2ccccc2O)nc(-c2cc3c(c4ccccc24)-c2c(ccc4ccccc24)C3(C)C)n1. The molecule has 1 heterocycles. The molecule has 7 rings (SSSR count). The fraction of sp³-hybridized carbons (Fsp3) is 0.147. The van der Waals surface area contributed by atoms with Gasteiger partial charge in [-0.3, -0.25) is 0 Å². The van der Waals surface area contributed by atoms with Crippen molar-refractivity contribution in [3.63, 3.8) is 0 Å². The summed E-state index contributed by atoms with van der Waals surface area (Å²) >= 11 is 0. The largest absolute Gasteiger partial charge is 0.507 e. The lowest BCUT2D eigenvalue weighted by Crippen LogP contribution is -2.15. The summed E-state index contributed by atoms with van der Waals surface area (Å²) in [5.41, 5.74) is 6.36. The predicted molar refractivity (Wildman–Crippen MR) is 156 cm³/mol. The number of rotatable bonds is 4. The second kappa shape index (κ2) is 8.63. The monoisotopic (exact) mass is 509 g/mol. The fourth-order valence-electron chi connectivity index (χ4n) is 5.98. The number of nitrogens with zero attached hydrogens (tertiary/aromatic N) is 3. The molecule has 190 valence electrons. The maximum Gasteiger partial charge on any atom is 0.320 e. The zero-order chi connectivity index (χ0) is 26.7. The van der Waals surface area contributed by atoms with E-state index < -0.39 is 0 Å². The van der Waals surface area contributed by atoms with Gasteiger partial charge in [0.2, 0.25) is 0 Å². The van der Waals surface area contributed by atoms with Crippen molar-refractivity contribution in [1.82, 2.24) is 15.0 Å². The van der Waals surface area contributed by atoms with Gasteiger partial charge < -0.3 is 9.84 Å². The molecule has 0 amide bonds. The minimum atomic E-state index is -0.218. The molecule has 5 nitrogen and oxygen atoms in total. The van der Waals surface area contributed by atoms with Gasteiger partial charge >= 0.3 is 6.01 Å². The maximum absolute atomic E-state index is 10.6. The summed E-state index contributed by atoms with van der Waals surface area (Å²) in [5.74, 6) is 1.00. The molecule has 39 heavy (non-hydrogen) atoms. The molecule has 0 radical (unpaired) electrons. The van der Waals surface area contributed by atoms with Crippen LogP contribution >= 0.6 is 0 Å². The first kappa shape index (κ1) is 23.4. The van der Waals surface area contributed by atoms with Crippen molar-refractivity contribution in [2.75, 3.05) is 6.61 Å². The van der Waals surface area contributed by atoms with Crippen LogP contribution in [0, 0.1) is 0 Å². The number of aromatic nitrogens is 3. The van der Waals surface area contributed by atoms with Crippen molar-refractivity contribution in [1.29, 1.82) is 0 Å². The van der Waals surface area contributed by atoms with E-state index in [0.717, 1.165) is 16.3 Å². The van der Waals surface area contributed by atoms with Crippen molar-refractivity contribution >= 4 is 21.5 Å². The normalized spacial score (nSPS) is 13.4. The summed E-state index contributed by atoms with van der Waals surface area (Å²) in [6, 6.07) is 31.1. The minimum Gasteiger partial charge on any atom is -0.507 e. The van der Waals surface area contributed by atoms with Gasteiger partial charge in [0.05, 0.1) is 12.2 Å². The number of hydrogen-bond donors (Lipinski definition) is 1. The average Bonchev–Trinajstić information content (AvgIpc) is 3.19. The summed E-state index contributed by atoms with van der Waals surface area (Å²) in [6.45, 7) is 6.90. The van der Waals surface area contributed by atoms with Crippen LogP contribution in [0.5, 0.6) is 11.8 Å². The van der Waals surface area contributed by atoms with E-state index in [4.69, 9.17) is 14.7 Å². The van der Waals surface area contributed by atoms with Gasteiger partial charge in [0, 0.05) is 11.0 Å². The van der Waals surface area contributed by atoms with Gasteiger partial charge in [-0.1, -0.05) is 86.6 Å². The van der Waals surface area contributed by atoms with E-state index in [1.54, 1.807) is 18.2 Å². The Balaban J connectivity index is 1.55. The average molecular weight is 510 g/mol. The van der Waals surface area contributed by atoms with Gasteiger partial charge in [0.15, 0.2) is 11.6 Å². The standard InChI is InChI=1S/C34H27N3O2/c1-4-39-33-36-31(24-15-9-10-16-28(24)38)35-32(37-33)25-19-27-30(23-14-8-7-13-22(23)25)29-21-12-6-5-11-20(21)17-18-26(29)34(27,2)3/h5-19,38H,4H2,1-3H3. The van der Waals surface area contributed by atoms with E-state index >= 15 is 0 Å². The molecule has 1 aliphatic carbocycles. The minimum absolute atomic E-state index is 0.111. The number of para-hydroxylation sites is 1. The first-order valence-corrected chi connectivity index (χ1v) is 13.2. The molecular weight excluding hydrogens is 482 g/mol. The van der Waals surface area contributed by atoms with Crippen LogP contribution in [0.3, 0.4) is 0 Å². The highest BCUT2D eigenvalue weighted by Gasteiger charge is 2.38. The summed E-state index contributed by atoms with van der Waals surface area (Å²) in [7, 11) is 0. The number of benzene rings is 5. The van der Waals surface area contributed by atoms with Crippen molar-refractivity contribution in [3.05, 3.63) is 102 Å². The Bertz CT molecular complexity index is 1930. The van der Waals surface area contributed by atoms with Crippen LogP contribution in [0.1, 0.15) is 31.9 Å². The molecule has 5 heteroatoms. The third-order valence-electron chi connectivity index (χ3n) is 7.84. The number of phenols is 1. The summed E-state index contributed by atoms with van der Waals surface area (Å²) in [5, 5.41) is 15.3. The molecule has 1 N–H and O–H groups in total. The van der Waals surface area contributed by atoms with E-state index in [2.05, 4.69) is 85.6 Å². The molecule has 0 unspecified atom stereocenters. The number of hydrogen-bond acceptors (Lipinski definition) is 5. The second-order valence-corrected chi connectivity index (χ2v) is 10.4. The molecule has 0 fully saturated rings. The lowest BCUT2D eigenvalue weighted by Gasteiger charge is -2.23. The molecule has 5 aromatic carbocycles. The van der Waals surface area contributed by atoms with E-state index in [0.29, 0.717) is 23.8 Å². The molecule has 0 saturated carbocycles. The first-order valence-electron chi connectivity index (χ1n) is 13.2. The van der Waals surface area contributed by atoms with E-state index in [1.807, 2.05) is 13.0 Å². The highest BCUT2D eigenvalue weighted by Crippen LogP contribution is 2.55. The Morgan fingerprint density at radius 1 is 0.667 bits per heavy atom. The van der Waals surface area contributed by atoms with Gasteiger partial charge in [-0.05, 0) is 68.9 Å². The number of ether oxygens (including phenoxy) is 1. The van der Waals surface area contributed by atoms with Crippen LogP contribution in [0.2, 0.25) is 0 Å². The van der Waals surface area contributed by atoms with Crippen LogP contribution in [0.4, 0.5) is 0 Å². The smallest absolute Gasteiger partial charge is 0.320 e. The Kier molecular flexibility index (Phi) is 5.17. The summed E-state index contributed by atoms with van der Waals surface area (Å²) < 4.78 is 5.77. The predicted octanol–water partition coefficient (Wildman–Crippen LogP) is 7.92. The van der Waals surface area contributed by atoms with E-state index in [9.17, 15) is 5.11 Å². The van der Waals surface area contributed by atoms with Crippen LogP contribution in [-0.2, 0) is 5.41 Å². The van der Waals surface area contributed by atoms with Crippen molar-refractivity contribution < 1.29 is 9.84 Å². The highest BCUT2D eigenvalue weighted by atomic mass is 16.5. The summed E-state index contributed by atoms with van der Waals surface area (Å²) in [4.78, 5) is 14.1. The number of fused-ring (bicyclic) bond motifs is 7. The van der Waals surface area contributed by atoms with Crippen LogP contribution < -0.4 is 4.74 Å². The Morgan fingerprint density at radius 3 is 2.08 bits per heavy atom. The second-order valence-electron chi connectivity index (χ2n) is 10.4. The van der Waals surface area contributed by atoms with E-state index in [1.165, 1.54) is 33.0 Å². The van der Waals surface area contributed by atoms with Gasteiger partial charge in [-0.2, -0.15) is 9.97 Å². The third-order valence-corrected chi connectivity index (χ3v) is 7.84. The topological polar surface area (TPSA) is 68.1 Å².